The summed E-state index contributed by atoms with van der Waals surface area (Å²) in [5, 5.41) is 6.17. The standard InChI is InChI=1S/C16H21ClN2O3/c17-14-3-1-12(2-4-14)5-8-18-15(20)11-19-16(21)13-6-9-22-10-7-13/h1-4,13H,5-11H2,(H,18,20)(H,19,21). The second kappa shape index (κ2) is 8.76. The number of carbonyl (C=O) groups excluding carboxylic acids is 2. The maximum Gasteiger partial charge on any atom is 0.239 e. The first-order valence-corrected chi connectivity index (χ1v) is 7.89. The largest absolute Gasteiger partial charge is 0.381 e. The summed E-state index contributed by atoms with van der Waals surface area (Å²) in [5.74, 6) is -0.263. The summed E-state index contributed by atoms with van der Waals surface area (Å²) in [6.07, 6.45) is 2.19. The van der Waals surface area contributed by atoms with Gasteiger partial charge in [0.25, 0.3) is 0 Å². The fraction of sp³-hybridized carbons (Fsp3) is 0.500. The molecule has 2 amide bonds. The molecule has 5 nitrogen and oxygen atoms in total. The highest BCUT2D eigenvalue weighted by Crippen LogP contribution is 2.14. The van der Waals surface area contributed by atoms with Crippen molar-refractivity contribution < 1.29 is 14.3 Å². The SMILES string of the molecule is O=C(CNC(=O)C1CCOCC1)NCCc1ccc(Cl)cc1. The van der Waals surface area contributed by atoms with Crippen LogP contribution >= 0.6 is 11.6 Å². The molecular weight excluding hydrogens is 304 g/mol. The Kier molecular flexibility index (Phi) is 6.68. The van der Waals surface area contributed by atoms with Crippen molar-refractivity contribution in [2.45, 2.75) is 19.3 Å². The van der Waals surface area contributed by atoms with Crippen molar-refractivity contribution in [1.82, 2.24) is 10.6 Å². The average Bonchev–Trinajstić information content (AvgIpc) is 2.55. The van der Waals surface area contributed by atoms with Gasteiger partial charge in [-0.1, -0.05) is 23.7 Å². The van der Waals surface area contributed by atoms with Gasteiger partial charge in [0.1, 0.15) is 0 Å². The molecule has 1 fully saturated rings. The first kappa shape index (κ1) is 16.8. The van der Waals surface area contributed by atoms with E-state index in [1.807, 2.05) is 24.3 Å². The van der Waals surface area contributed by atoms with Crippen molar-refractivity contribution >= 4 is 23.4 Å². The predicted molar refractivity (Wildman–Crippen MR) is 84.7 cm³/mol. The molecule has 1 aliphatic heterocycles. The molecular formula is C16H21ClN2O3. The minimum absolute atomic E-state index is 0.0246. The van der Waals surface area contributed by atoms with Crippen molar-refractivity contribution in [3.8, 4) is 0 Å². The maximum absolute atomic E-state index is 11.9. The van der Waals surface area contributed by atoms with E-state index in [-0.39, 0.29) is 24.3 Å². The molecule has 0 aliphatic carbocycles. The predicted octanol–water partition coefficient (Wildman–Crippen LogP) is 1.54. The fourth-order valence-corrected chi connectivity index (χ4v) is 2.46. The van der Waals surface area contributed by atoms with E-state index in [1.54, 1.807) is 0 Å². The Bertz CT molecular complexity index is 499. The molecule has 6 heteroatoms. The molecule has 0 unspecified atom stereocenters. The fourth-order valence-electron chi connectivity index (χ4n) is 2.33. The number of ether oxygens (including phenoxy) is 1. The molecule has 0 saturated carbocycles. The molecule has 0 spiro atoms. The van der Waals surface area contributed by atoms with Gasteiger partial charge in [-0.15, -0.1) is 0 Å². The molecule has 1 saturated heterocycles. The molecule has 0 radical (unpaired) electrons. The number of hydrogen-bond acceptors (Lipinski definition) is 3. The van der Waals surface area contributed by atoms with Crippen LogP contribution in [0.5, 0.6) is 0 Å². The molecule has 0 aromatic heterocycles. The Hall–Kier alpha value is -1.59. The summed E-state index contributed by atoms with van der Waals surface area (Å²) in [4.78, 5) is 23.6. The summed E-state index contributed by atoms with van der Waals surface area (Å²) in [7, 11) is 0. The second-order valence-electron chi connectivity index (χ2n) is 5.33. The van der Waals surface area contributed by atoms with Gasteiger partial charge in [0, 0.05) is 30.7 Å². The lowest BCUT2D eigenvalue weighted by atomic mass is 9.99. The average molecular weight is 325 g/mol. The van der Waals surface area contributed by atoms with Crippen molar-refractivity contribution in [2.24, 2.45) is 5.92 Å². The zero-order chi connectivity index (χ0) is 15.8. The van der Waals surface area contributed by atoms with Crippen LogP contribution in [0.2, 0.25) is 5.02 Å². The number of hydrogen-bond donors (Lipinski definition) is 2. The number of nitrogens with one attached hydrogen (secondary N) is 2. The maximum atomic E-state index is 11.9. The Morgan fingerprint density at radius 2 is 1.82 bits per heavy atom. The van der Waals surface area contributed by atoms with Crippen LogP contribution in [0.3, 0.4) is 0 Å². The summed E-state index contributed by atoms with van der Waals surface area (Å²) in [5.41, 5.74) is 1.11. The molecule has 1 aromatic carbocycles. The third-order valence-electron chi connectivity index (χ3n) is 3.66. The summed E-state index contributed by atoms with van der Waals surface area (Å²) < 4.78 is 5.21. The number of halogens is 1. The van der Waals surface area contributed by atoms with Crippen molar-refractivity contribution in [1.29, 1.82) is 0 Å². The van der Waals surface area contributed by atoms with E-state index in [4.69, 9.17) is 16.3 Å². The Balaban J connectivity index is 1.61. The van der Waals surface area contributed by atoms with Crippen LogP contribution in [-0.2, 0) is 20.7 Å². The number of carbonyl (C=O) groups is 2. The molecule has 120 valence electrons. The normalized spacial score (nSPS) is 15.3. The van der Waals surface area contributed by atoms with Crippen LogP contribution in [0.4, 0.5) is 0 Å². The van der Waals surface area contributed by atoms with Gasteiger partial charge in [-0.05, 0) is 37.0 Å². The Morgan fingerprint density at radius 1 is 1.14 bits per heavy atom. The van der Waals surface area contributed by atoms with Crippen LogP contribution < -0.4 is 10.6 Å². The molecule has 2 rings (SSSR count). The van der Waals surface area contributed by atoms with Gasteiger partial charge in [0.15, 0.2) is 0 Å². The number of rotatable bonds is 6. The first-order chi connectivity index (χ1) is 10.6. The molecule has 1 aromatic rings. The highest BCUT2D eigenvalue weighted by molar-refractivity contribution is 6.30. The van der Waals surface area contributed by atoms with E-state index in [1.165, 1.54) is 0 Å². The van der Waals surface area contributed by atoms with Crippen LogP contribution in [-0.4, -0.2) is 38.1 Å². The van der Waals surface area contributed by atoms with Crippen molar-refractivity contribution in [2.75, 3.05) is 26.3 Å². The van der Waals surface area contributed by atoms with Crippen LogP contribution in [0.25, 0.3) is 0 Å². The quantitative estimate of drug-likeness (QED) is 0.834. The van der Waals surface area contributed by atoms with E-state index >= 15 is 0 Å². The van der Waals surface area contributed by atoms with Crippen molar-refractivity contribution in [3.63, 3.8) is 0 Å². The molecule has 2 N–H and O–H groups in total. The van der Waals surface area contributed by atoms with Gasteiger partial charge in [-0.3, -0.25) is 9.59 Å². The molecule has 1 aliphatic rings. The van der Waals surface area contributed by atoms with Gasteiger partial charge in [-0.2, -0.15) is 0 Å². The Morgan fingerprint density at radius 3 is 2.50 bits per heavy atom. The van der Waals surface area contributed by atoms with Gasteiger partial charge < -0.3 is 15.4 Å². The van der Waals surface area contributed by atoms with E-state index in [9.17, 15) is 9.59 Å². The molecule has 0 bridgehead atoms. The first-order valence-electron chi connectivity index (χ1n) is 7.52. The second-order valence-corrected chi connectivity index (χ2v) is 5.77. The minimum Gasteiger partial charge on any atom is -0.381 e. The molecule has 1 heterocycles. The van der Waals surface area contributed by atoms with E-state index in [0.717, 1.165) is 24.8 Å². The van der Waals surface area contributed by atoms with Crippen LogP contribution in [0.1, 0.15) is 18.4 Å². The highest BCUT2D eigenvalue weighted by Gasteiger charge is 2.21. The summed E-state index contributed by atoms with van der Waals surface area (Å²) in [6, 6.07) is 7.52. The monoisotopic (exact) mass is 324 g/mol. The lowest BCUT2D eigenvalue weighted by Gasteiger charge is -2.21. The van der Waals surface area contributed by atoms with Gasteiger partial charge in [0.05, 0.1) is 6.54 Å². The molecule has 0 atom stereocenters. The van der Waals surface area contributed by atoms with Crippen LogP contribution in [0.15, 0.2) is 24.3 Å². The Labute approximate surface area is 135 Å². The lowest BCUT2D eigenvalue weighted by molar-refractivity contribution is -0.130. The minimum atomic E-state index is -0.172. The van der Waals surface area contributed by atoms with E-state index < -0.39 is 0 Å². The smallest absolute Gasteiger partial charge is 0.239 e. The zero-order valence-corrected chi connectivity index (χ0v) is 13.2. The van der Waals surface area contributed by atoms with Crippen molar-refractivity contribution in [3.05, 3.63) is 34.9 Å². The topological polar surface area (TPSA) is 67.4 Å². The highest BCUT2D eigenvalue weighted by atomic mass is 35.5. The summed E-state index contributed by atoms with van der Waals surface area (Å²) >= 11 is 5.81. The third-order valence-corrected chi connectivity index (χ3v) is 3.92. The molecule has 22 heavy (non-hydrogen) atoms. The number of amides is 2. The lowest BCUT2D eigenvalue weighted by Crippen LogP contribution is -2.41. The van der Waals surface area contributed by atoms with Gasteiger partial charge >= 0.3 is 0 Å². The number of benzene rings is 1. The summed E-state index contributed by atoms with van der Waals surface area (Å²) in [6.45, 7) is 1.79. The van der Waals surface area contributed by atoms with Gasteiger partial charge in [0.2, 0.25) is 11.8 Å². The third kappa shape index (κ3) is 5.66. The van der Waals surface area contributed by atoms with Crippen LogP contribution in [0, 0.1) is 5.92 Å². The zero-order valence-electron chi connectivity index (χ0n) is 12.4. The van der Waals surface area contributed by atoms with E-state index in [0.29, 0.717) is 24.8 Å². The van der Waals surface area contributed by atoms with Gasteiger partial charge in [-0.25, -0.2) is 0 Å². The van der Waals surface area contributed by atoms with E-state index in [2.05, 4.69) is 10.6 Å².